The molecule has 17 heavy (non-hydrogen) atoms. The second-order valence-electron chi connectivity index (χ2n) is 3.87. The third kappa shape index (κ3) is 13.1. The van der Waals surface area contributed by atoms with Crippen LogP contribution in [0.2, 0.25) is 0 Å². The fraction of sp³-hybridized carbons (Fsp3) is 0.636. The summed E-state index contributed by atoms with van der Waals surface area (Å²) in [5, 5.41) is 2.83. The lowest BCUT2D eigenvalue weighted by Crippen LogP contribution is -2.33. The van der Waals surface area contributed by atoms with E-state index < -0.39 is 0 Å². The molecule has 0 radical (unpaired) electrons. The average Bonchev–Trinajstić information content (AvgIpc) is 2.13. The number of rotatable bonds is 6. The number of guanidine groups is 1. The minimum Gasteiger partial charge on any atom is -0.463 e. The standard InChI is InChI=1S/C11H21N3O2.HI/c1-8(2)7-14-11(12)13-6-5-10(15)16-9(3)4;/h9H,1,5-7H2,2-4H3,(H3,12,13,14);1H. The van der Waals surface area contributed by atoms with Gasteiger partial charge < -0.3 is 15.8 Å². The Balaban J connectivity index is 0. The van der Waals surface area contributed by atoms with E-state index >= 15 is 0 Å². The summed E-state index contributed by atoms with van der Waals surface area (Å²) in [7, 11) is 0. The lowest BCUT2D eigenvalue weighted by atomic mass is 10.4. The van der Waals surface area contributed by atoms with Gasteiger partial charge in [0.1, 0.15) is 0 Å². The highest BCUT2D eigenvalue weighted by molar-refractivity contribution is 14.0. The fourth-order valence-electron chi connectivity index (χ4n) is 0.890. The molecule has 0 amide bonds. The Labute approximate surface area is 120 Å². The van der Waals surface area contributed by atoms with Crippen LogP contribution in [-0.4, -0.2) is 31.1 Å². The molecule has 0 aliphatic carbocycles. The van der Waals surface area contributed by atoms with Crippen molar-refractivity contribution in [3.8, 4) is 0 Å². The van der Waals surface area contributed by atoms with Crippen molar-refractivity contribution >= 4 is 35.9 Å². The van der Waals surface area contributed by atoms with E-state index in [2.05, 4.69) is 16.9 Å². The summed E-state index contributed by atoms with van der Waals surface area (Å²) in [6, 6.07) is 0. The van der Waals surface area contributed by atoms with Crippen molar-refractivity contribution in [1.82, 2.24) is 5.32 Å². The molecule has 0 unspecified atom stereocenters. The van der Waals surface area contributed by atoms with Crippen LogP contribution in [0.15, 0.2) is 17.1 Å². The van der Waals surface area contributed by atoms with Crippen LogP contribution >= 0.6 is 24.0 Å². The molecule has 0 aliphatic rings. The third-order valence-corrected chi connectivity index (χ3v) is 1.52. The fourth-order valence-corrected chi connectivity index (χ4v) is 0.890. The molecule has 0 heterocycles. The maximum atomic E-state index is 11.1. The first-order chi connectivity index (χ1) is 7.41. The van der Waals surface area contributed by atoms with E-state index in [1.807, 2.05) is 20.8 Å². The minimum absolute atomic E-state index is 0. The zero-order valence-electron chi connectivity index (χ0n) is 10.7. The van der Waals surface area contributed by atoms with Crippen LogP contribution in [0.1, 0.15) is 27.2 Å². The van der Waals surface area contributed by atoms with Crippen LogP contribution in [0, 0.1) is 0 Å². The Morgan fingerprint density at radius 1 is 1.53 bits per heavy atom. The van der Waals surface area contributed by atoms with Crippen molar-refractivity contribution in [2.45, 2.75) is 33.3 Å². The third-order valence-electron chi connectivity index (χ3n) is 1.52. The first kappa shape index (κ1) is 18.6. The molecular formula is C11H22IN3O2. The summed E-state index contributed by atoms with van der Waals surface area (Å²) in [5.41, 5.74) is 6.49. The number of carbonyl (C=O) groups is 1. The lowest BCUT2D eigenvalue weighted by molar-refractivity contribution is -0.147. The first-order valence-corrected chi connectivity index (χ1v) is 5.29. The zero-order chi connectivity index (χ0) is 12.6. The molecule has 6 heteroatoms. The van der Waals surface area contributed by atoms with Crippen molar-refractivity contribution in [2.24, 2.45) is 10.7 Å². The van der Waals surface area contributed by atoms with Crippen molar-refractivity contribution in [1.29, 1.82) is 0 Å². The maximum absolute atomic E-state index is 11.1. The molecule has 0 aliphatic heterocycles. The van der Waals surface area contributed by atoms with Gasteiger partial charge in [-0.1, -0.05) is 12.2 Å². The molecule has 100 valence electrons. The Morgan fingerprint density at radius 2 is 2.12 bits per heavy atom. The number of nitrogens with one attached hydrogen (secondary N) is 1. The molecule has 0 saturated heterocycles. The van der Waals surface area contributed by atoms with Gasteiger partial charge in [-0.05, 0) is 20.8 Å². The topological polar surface area (TPSA) is 76.7 Å². The Morgan fingerprint density at radius 3 is 2.59 bits per heavy atom. The molecule has 0 atom stereocenters. The van der Waals surface area contributed by atoms with Crippen molar-refractivity contribution in [3.63, 3.8) is 0 Å². The summed E-state index contributed by atoms with van der Waals surface area (Å²) >= 11 is 0. The molecule has 0 spiro atoms. The molecule has 0 fully saturated rings. The monoisotopic (exact) mass is 355 g/mol. The predicted octanol–water partition coefficient (Wildman–Crippen LogP) is 1.43. The van der Waals surface area contributed by atoms with Gasteiger partial charge in [0.15, 0.2) is 5.96 Å². The van der Waals surface area contributed by atoms with Gasteiger partial charge in [0.25, 0.3) is 0 Å². The SMILES string of the molecule is C=C(C)CN=C(N)NCCC(=O)OC(C)C.I. The largest absolute Gasteiger partial charge is 0.463 e. The first-order valence-electron chi connectivity index (χ1n) is 5.29. The lowest BCUT2D eigenvalue weighted by Gasteiger charge is -2.08. The maximum Gasteiger partial charge on any atom is 0.307 e. The van der Waals surface area contributed by atoms with Gasteiger partial charge in [0, 0.05) is 6.54 Å². The molecule has 5 nitrogen and oxygen atoms in total. The number of ether oxygens (including phenoxy) is 1. The number of nitrogens with two attached hydrogens (primary N) is 1. The summed E-state index contributed by atoms with van der Waals surface area (Å²) < 4.78 is 4.96. The molecule has 0 aromatic heterocycles. The van der Waals surface area contributed by atoms with Gasteiger partial charge in [-0.2, -0.15) is 0 Å². The molecular weight excluding hydrogens is 333 g/mol. The number of nitrogens with zero attached hydrogens (tertiary/aromatic N) is 1. The predicted molar refractivity (Wildman–Crippen MR) is 80.6 cm³/mol. The van der Waals surface area contributed by atoms with Crippen molar-refractivity contribution in [3.05, 3.63) is 12.2 Å². The molecule has 0 aromatic rings. The van der Waals surface area contributed by atoms with Crippen LogP contribution in [0.4, 0.5) is 0 Å². The number of hydrogen-bond donors (Lipinski definition) is 2. The van der Waals surface area contributed by atoms with E-state index in [1.54, 1.807) is 0 Å². The van der Waals surface area contributed by atoms with Crippen LogP contribution in [0.5, 0.6) is 0 Å². The van der Waals surface area contributed by atoms with E-state index in [-0.39, 0.29) is 42.5 Å². The van der Waals surface area contributed by atoms with Crippen LogP contribution in [0.3, 0.4) is 0 Å². The smallest absolute Gasteiger partial charge is 0.307 e. The zero-order valence-corrected chi connectivity index (χ0v) is 13.0. The summed E-state index contributed by atoms with van der Waals surface area (Å²) in [4.78, 5) is 15.2. The highest BCUT2D eigenvalue weighted by Crippen LogP contribution is 1.92. The Hall–Kier alpha value is -0.790. The minimum atomic E-state index is -0.241. The number of aliphatic imine (C=N–C) groups is 1. The number of halogens is 1. The Kier molecular flexibility index (Phi) is 11.3. The second-order valence-corrected chi connectivity index (χ2v) is 3.87. The Bertz CT molecular complexity index is 278. The van der Waals surface area contributed by atoms with Gasteiger partial charge in [-0.25, -0.2) is 4.99 Å². The van der Waals surface area contributed by atoms with Crippen molar-refractivity contribution in [2.75, 3.05) is 13.1 Å². The van der Waals surface area contributed by atoms with Gasteiger partial charge in [0.05, 0.1) is 19.1 Å². The van der Waals surface area contributed by atoms with E-state index in [9.17, 15) is 4.79 Å². The molecule has 0 saturated carbocycles. The summed E-state index contributed by atoms with van der Waals surface area (Å²) in [5.74, 6) is 0.0792. The van der Waals surface area contributed by atoms with E-state index in [0.717, 1.165) is 5.57 Å². The molecule has 3 N–H and O–H groups in total. The van der Waals surface area contributed by atoms with Crippen LogP contribution in [0.25, 0.3) is 0 Å². The molecule has 0 bridgehead atoms. The number of hydrogen-bond acceptors (Lipinski definition) is 3. The quantitative estimate of drug-likeness (QED) is 0.248. The van der Waals surface area contributed by atoms with E-state index in [0.29, 0.717) is 19.0 Å². The highest BCUT2D eigenvalue weighted by atomic mass is 127. The van der Waals surface area contributed by atoms with Gasteiger partial charge in [0.2, 0.25) is 0 Å². The summed E-state index contributed by atoms with van der Waals surface area (Å²) in [6.07, 6.45) is 0.198. The average molecular weight is 355 g/mol. The molecule has 0 rings (SSSR count). The van der Waals surface area contributed by atoms with Crippen molar-refractivity contribution < 1.29 is 9.53 Å². The van der Waals surface area contributed by atoms with Crippen LogP contribution in [-0.2, 0) is 9.53 Å². The van der Waals surface area contributed by atoms with Gasteiger partial charge in [-0.3, -0.25) is 4.79 Å². The number of esters is 1. The highest BCUT2D eigenvalue weighted by Gasteiger charge is 2.04. The normalized spacial score (nSPS) is 10.7. The van der Waals surface area contributed by atoms with Crippen LogP contribution < -0.4 is 11.1 Å². The van der Waals surface area contributed by atoms with Gasteiger partial charge >= 0.3 is 5.97 Å². The van der Waals surface area contributed by atoms with E-state index in [4.69, 9.17) is 10.5 Å². The van der Waals surface area contributed by atoms with Gasteiger partial charge in [-0.15, -0.1) is 24.0 Å². The van der Waals surface area contributed by atoms with E-state index in [1.165, 1.54) is 0 Å². The second kappa shape index (κ2) is 10.4. The summed E-state index contributed by atoms with van der Waals surface area (Å²) in [6.45, 7) is 10.1. The number of carbonyl (C=O) groups excluding carboxylic acids is 1. The molecule has 0 aromatic carbocycles.